The lowest BCUT2D eigenvalue weighted by molar-refractivity contribution is 0.660. The minimum atomic E-state index is -0.105. The van der Waals surface area contributed by atoms with Crippen LogP contribution in [0.15, 0.2) is 156 Å². The predicted octanol–water partition coefficient (Wildman–Crippen LogP) is 12.2. The van der Waals surface area contributed by atoms with Crippen molar-refractivity contribution in [2.75, 3.05) is 4.90 Å². The Labute approximate surface area is 262 Å². The molecule has 0 bridgehead atoms. The Kier molecular flexibility index (Phi) is 5.58. The maximum atomic E-state index is 6.73. The summed E-state index contributed by atoms with van der Waals surface area (Å²) >= 11 is 0. The fourth-order valence-electron chi connectivity index (χ4n) is 7.49. The van der Waals surface area contributed by atoms with E-state index in [1.165, 1.54) is 38.7 Å². The van der Waals surface area contributed by atoms with Crippen LogP contribution >= 0.6 is 0 Å². The zero-order valence-electron chi connectivity index (χ0n) is 25.3. The molecule has 0 atom stereocenters. The van der Waals surface area contributed by atoms with Crippen molar-refractivity contribution in [1.82, 2.24) is 0 Å². The van der Waals surface area contributed by atoms with Gasteiger partial charge in [0.25, 0.3) is 0 Å². The van der Waals surface area contributed by atoms with Gasteiger partial charge in [0.15, 0.2) is 0 Å². The van der Waals surface area contributed by atoms with Crippen LogP contribution in [-0.2, 0) is 5.41 Å². The van der Waals surface area contributed by atoms with E-state index in [9.17, 15) is 0 Å². The summed E-state index contributed by atoms with van der Waals surface area (Å²) in [6.45, 7) is 4.69. The Balaban J connectivity index is 1.41. The van der Waals surface area contributed by atoms with E-state index in [1.807, 2.05) is 0 Å². The number of hydrogen-bond donors (Lipinski definition) is 0. The van der Waals surface area contributed by atoms with Gasteiger partial charge in [0.05, 0.1) is 16.8 Å². The molecule has 0 unspecified atom stereocenters. The van der Waals surface area contributed by atoms with Crippen molar-refractivity contribution >= 4 is 49.8 Å². The molecule has 2 heteroatoms. The number of para-hydroxylation sites is 1. The first-order valence-corrected chi connectivity index (χ1v) is 15.6. The molecule has 0 spiro atoms. The topological polar surface area (TPSA) is 16.4 Å². The summed E-state index contributed by atoms with van der Waals surface area (Å²) in [5.74, 6) is 0. The summed E-state index contributed by atoms with van der Waals surface area (Å²) in [4.78, 5) is 2.46. The van der Waals surface area contributed by atoms with Gasteiger partial charge >= 0.3 is 0 Å². The van der Waals surface area contributed by atoms with Crippen molar-refractivity contribution in [3.8, 4) is 22.3 Å². The van der Waals surface area contributed by atoms with Crippen LogP contribution in [0.25, 0.3) is 55.0 Å². The molecule has 0 amide bonds. The molecule has 1 aliphatic rings. The van der Waals surface area contributed by atoms with Gasteiger partial charge in [-0.3, -0.25) is 0 Å². The highest BCUT2D eigenvalue weighted by atomic mass is 16.3. The summed E-state index contributed by atoms with van der Waals surface area (Å²) in [5.41, 5.74) is 12.6. The maximum absolute atomic E-state index is 6.73. The van der Waals surface area contributed by atoms with E-state index in [4.69, 9.17) is 4.42 Å². The number of anilines is 3. The number of nitrogens with zero attached hydrogens (tertiary/aromatic N) is 1. The zero-order chi connectivity index (χ0) is 30.1. The average molecular weight is 578 g/mol. The first-order chi connectivity index (χ1) is 22.1. The van der Waals surface area contributed by atoms with E-state index >= 15 is 0 Å². The maximum Gasteiger partial charge on any atom is 0.145 e. The summed E-state index contributed by atoms with van der Waals surface area (Å²) in [6, 6.07) is 54.6. The lowest BCUT2D eigenvalue weighted by Gasteiger charge is -2.30. The van der Waals surface area contributed by atoms with Crippen molar-refractivity contribution in [3.05, 3.63) is 163 Å². The van der Waals surface area contributed by atoms with Gasteiger partial charge in [-0.1, -0.05) is 129 Å². The van der Waals surface area contributed by atoms with Gasteiger partial charge in [-0.05, 0) is 69.4 Å². The third-order valence-corrected chi connectivity index (χ3v) is 9.65. The van der Waals surface area contributed by atoms with Crippen molar-refractivity contribution in [3.63, 3.8) is 0 Å². The Morgan fingerprint density at radius 2 is 1.27 bits per heavy atom. The van der Waals surface area contributed by atoms with Crippen molar-refractivity contribution in [2.24, 2.45) is 0 Å². The first-order valence-electron chi connectivity index (χ1n) is 15.6. The molecule has 1 aromatic heterocycles. The number of rotatable bonds is 4. The molecule has 0 saturated heterocycles. The number of fused-ring (bicyclic) bond motifs is 7. The second kappa shape index (κ2) is 9.70. The molecule has 1 aliphatic carbocycles. The fraction of sp³-hybridized carbons (Fsp3) is 0.0698. The van der Waals surface area contributed by atoms with E-state index in [2.05, 4.69) is 170 Å². The molecule has 45 heavy (non-hydrogen) atoms. The summed E-state index contributed by atoms with van der Waals surface area (Å²) in [6.07, 6.45) is 0. The van der Waals surface area contributed by atoms with E-state index < -0.39 is 0 Å². The summed E-state index contributed by atoms with van der Waals surface area (Å²) in [7, 11) is 0. The van der Waals surface area contributed by atoms with Gasteiger partial charge in [0.1, 0.15) is 11.2 Å². The highest BCUT2D eigenvalue weighted by Gasteiger charge is 2.38. The molecular weight excluding hydrogens is 546 g/mol. The fourth-order valence-corrected chi connectivity index (χ4v) is 7.49. The van der Waals surface area contributed by atoms with Gasteiger partial charge < -0.3 is 9.32 Å². The molecule has 0 radical (unpaired) electrons. The molecule has 9 rings (SSSR count). The Bertz CT molecular complexity index is 2410. The first kappa shape index (κ1) is 25.9. The Morgan fingerprint density at radius 3 is 2.16 bits per heavy atom. The molecule has 7 aromatic carbocycles. The smallest absolute Gasteiger partial charge is 0.145 e. The standard InChI is InChI=1S/C43H31NO/c1-43(2)35-19-10-8-17-33(35)40-36(43)20-12-21-37(40)44(31-24-23-28-13-6-7-16-30(28)27-31)38-26-25-32(29-14-4-3-5-15-29)42-41(38)34-18-9-11-22-39(34)45-42/h3-27H,1-2H3. The molecular formula is C43H31NO. The van der Waals surface area contributed by atoms with Crippen LogP contribution in [0.3, 0.4) is 0 Å². The third kappa shape index (κ3) is 3.82. The van der Waals surface area contributed by atoms with Crippen LogP contribution in [-0.4, -0.2) is 0 Å². The van der Waals surface area contributed by atoms with Gasteiger partial charge in [-0.15, -0.1) is 0 Å². The van der Waals surface area contributed by atoms with E-state index in [1.54, 1.807) is 0 Å². The van der Waals surface area contributed by atoms with Crippen molar-refractivity contribution in [1.29, 1.82) is 0 Å². The molecule has 214 valence electrons. The average Bonchev–Trinajstić information content (AvgIpc) is 3.59. The van der Waals surface area contributed by atoms with Crippen LogP contribution < -0.4 is 4.90 Å². The number of hydrogen-bond acceptors (Lipinski definition) is 2. The van der Waals surface area contributed by atoms with Gasteiger partial charge in [-0.2, -0.15) is 0 Å². The SMILES string of the molecule is CC1(C)c2ccccc2-c2c(N(c3ccc4ccccc4c3)c3ccc(-c4ccccc4)c4oc5ccccc5c34)cccc21. The zero-order valence-corrected chi connectivity index (χ0v) is 25.3. The minimum absolute atomic E-state index is 0.105. The Morgan fingerprint density at radius 1 is 0.533 bits per heavy atom. The van der Waals surface area contributed by atoms with Crippen molar-refractivity contribution < 1.29 is 4.42 Å². The lowest BCUT2D eigenvalue weighted by Crippen LogP contribution is -2.16. The molecule has 0 N–H and O–H groups in total. The van der Waals surface area contributed by atoms with Gasteiger partial charge in [0, 0.05) is 27.6 Å². The molecule has 2 nitrogen and oxygen atoms in total. The number of furan rings is 1. The third-order valence-electron chi connectivity index (χ3n) is 9.65. The number of benzene rings is 7. The second-order valence-electron chi connectivity index (χ2n) is 12.5. The normalized spacial score (nSPS) is 13.3. The van der Waals surface area contributed by atoms with Crippen LogP contribution in [0.2, 0.25) is 0 Å². The minimum Gasteiger partial charge on any atom is -0.455 e. The lowest BCUT2D eigenvalue weighted by atomic mass is 9.82. The molecule has 0 fully saturated rings. The highest BCUT2D eigenvalue weighted by molar-refractivity contribution is 6.17. The van der Waals surface area contributed by atoms with E-state index in [0.717, 1.165) is 44.4 Å². The van der Waals surface area contributed by atoms with E-state index in [0.29, 0.717) is 0 Å². The molecule has 1 heterocycles. The van der Waals surface area contributed by atoms with Crippen LogP contribution in [0.5, 0.6) is 0 Å². The van der Waals surface area contributed by atoms with Gasteiger partial charge in [-0.25, -0.2) is 0 Å². The van der Waals surface area contributed by atoms with Crippen LogP contribution in [0.1, 0.15) is 25.0 Å². The predicted molar refractivity (Wildman–Crippen MR) is 189 cm³/mol. The van der Waals surface area contributed by atoms with Crippen LogP contribution in [0.4, 0.5) is 17.1 Å². The molecule has 8 aromatic rings. The second-order valence-corrected chi connectivity index (χ2v) is 12.5. The molecule has 0 aliphatic heterocycles. The quantitative estimate of drug-likeness (QED) is 0.207. The monoisotopic (exact) mass is 577 g/mol. The van der Waals surface area contributed by atoms with Crippen LogP contribution in [0, 0.1) is 0 Å². The largest absolute Gasteiger partial charge is 0.455 e. The van der Waals surface area contributed by atoms with Gasteiger partial charge in [0.2, 0.25) is 0 Å². The van der Waals surface area contributed by atoms with Crippen molar-refractivity contribution in [2.45, 2.75) is 19.3 Å². The molecule has 0 saturated carbocycles. The summed E-state index contributed by atoms with van der Waals surface area (Å²) in [5, 5.41) is 4.66. The Hall–Kier alpha value is -5.60. The van der Waals surface area contributed by atoms with E-state index in [-0.39, 0.29) is 5.41 Å². The highest BCUT2D eigenvalue weighted by Crippen LogP contribution is 2.55. The summed E-state index contributed by atoms with van der Waals surface area (Å²) < 4.78 is 6.73.